The Morgan fingerprint density at radius 3 is 2.69 bits per heavy atom. The van der Waals surface area contributed by atoms with E-state index in [1.165, 1.54) is 23.1 Å². The highest BCUT2D eigenvalue weighted by Crippen LogP contribution is 2.27. The number of thiazole rings is 1. The number of thioether (sulfide) groups is 1. The van der Waals surface area contributed by atoms with Gasteiger partial charge in [-0.1, -0.05) is 35.6 Å². The van der Waals surface area contributed by atoms with E-state index in [1.807, 2.05) is 36.4 Å². The van der Waals surface area contributed by atoms with Gasteiger partial charge in [0.15, 0.2) is 5.13 Å². The van der Waals surface area contributed by atoms with Crippen molar-refractivity contribution in [3.8, 4) is 0 Å². The van der Waals surface area contributed by atoms with Gasteiger partial charge in [-0.25, -0.2) is 4.98 Å². The monoisotopic (exact) mass is 423 g/mol. The van der Waals surface area contributed by atoms with E-state index in [9.17, 15) is 9.59 Å². The van der Waals surface area contributed by atoms with Crippen LogP contribution in [0.15, 0.2) is 76.2 Å². The molecular formula is C21H17N3O3S2. The Labute approximate surface area is 175 Å². The van der Waals surface area contributed by atoms with Gasteiger partial charge < -0.3 is 9.73 Å². The molecule has 0 aliphatic rings. The van der Waals surface area contributed by atoms with Gasteiger partial charge in [-0.05, 0) is 36.4 Å². The zero-order valence-electron chi connectivity index (χ0n) is 15.3. The molecule has 29 heavy (non-hydrogen) atoms. The number of carbonyl (C=O) groups excluding carboxylic acids is 2. The van der Waals surface area contributed by atoms with Crippen molar-refractivity contribution in [2.24, 2.45) is 0 Å². The molecule has 8 heteroatoms. The summed E-state index contributed by atoms with van der Waals surface area (Å²) >= 11 is 2.74. The lowest BCUT2D eigenvalue weighted by molar-refractivity contribution is -0.118. The average Bonchev–Trinajstić information content (AvgIpc) is 3.40. The Balaban J connectivity index is 1.39. The summed E-state index contributed by atoms with van der Waals surface area (Å²) in [5, 5.41) is 6.21. The van der Waals surface area contributed by atoms with Gasteiger partial charge >= 0.3 is 0 Å². The van der Waals surface area contributed by atoms with E-state index in [1.54, 1.807) is 30.5 Å². The van der Waals surface area contributed by atoms with Crippen molar-refractivity contribution >= 4 is 50.3 Å². The molecule has 2 amide bonds. The molecule has 0 fully saturated rings. The Hall–Kier alpha value is -3.10. The number of anilines is 1. The van der Waals surface area contributed by atoms with Crippen LogP contribution in [0.2, 0.25) is 0 Å². The number of para-hydroxylation sites is 1. The predicted molar refractivity (Wildman–Crippen MR) is 115 cm³/mol. The summed E-state index contributed by atoms with van der Waals surface area (Å²) in [5.41, 5.74) is 1.36. The quantitative estimate of drug-likeness (QED) is 0.426. The summed E-state index contributed by atoms with van der Waals surface area (Å²) in [5.74, 6) is 0.515. The first-order chi connectivity index (χ1) is 14.2. The highest BCUT2D eigenvalue weighted by molar-refractivity contribution is 8.00. The summed E-state index contributed by atoms with van der Waals surface area (Å²) in [6, 6.07) is 18.5. The van der Waals surface area contributed by atoms with Crippen LogP contribution < -0.4 is 10.6 Å². The second-order valence-electron chi connectivity index (χ2n) is 6.08. The number of carbonyl (C=O) groups is 2. The molecule has 0 bridgehead atoms. The Morgan fingerprint density at radius 1 is 1.03 bits per heavy atom. The number of nitrogens with one attached hydrogen (secondary N) is 2. The average molecular weight is 424 g/mol. The lowest BCUT2D eigenvalue weighted by Gasteiger charge is -2.08. The van der Waals surface area contributed by atoms with Crippen molar-refractivity contribution in [2.45, 2.75) is 11.4 Å². The number of hydrogen-bond donors (Lipinski definition) is 2. The van der Waals surface area contributed by atoms with Gasteiger partial charge in [-0.2, -0.15) is 0 Å². The Morgan fingerprint density at radius 2 is 1.86 bits per heavy atom. The minimum atomic E-state index is -0.247. The summed E-state index contributed by atoms with van der Waals surface area (Å²) in [6.45, 7) is 0.339. The predicted octanol–water partition coefficient (Wildman–Crippen LogP) is 4.55. The second-order valence-corrected chi connectivity index (χ2v) is 8.13. The van der Waals surface area contributed by atoms with Crippen LogP contribution >= 0.6 is 23.1 Å². The maximum absolute atomic E-state index is 12.8. The molecule has 4 rings (SSSR count). The van der Waals surface area contributed by atoms with Gasteiger partial charge in [0.2, 0.25) is 5.91 Å². The van der Waals surface area contributed by atoms with Crippen molar-refractivity contribution in [3.05, 3.63) is 78.3 Å². The molecule has 0 radical (unpaired) electrons. The molecule has 2 aromatic carbocycles. The first-order valence-electron chi connectivity index (χ1n) is 8.87. The second kappa shape index (κ2) is 8.93. The van der Waals surface area contributed by atoms with E-state index in [0.717, 1.165) is 15.1 Å². The van der Waals surface area contributed by atoms with Gasteiger partial charge in [0.1, 0.15) is 5.76 Å². The van der Waals surface area contributed by atoms with Crippen molar-refractivity contribution in [1.82, 2.24) is 10.3 Å². The number of fused-ring (bicyclic) bond motifs is 1. The molecule has 146 valence electrons. The van der Waals surface area contributed by atoms with E-state index in [-0.39, 0.29) is 17.6 Å². The zero-order chi connectivity index (χ0) is 20.1. The van der Waals surface area contributed by atoms with Gasteiger partial charge in [0, 0.05) is 4.90 Å². The minimum Gasteiger partial charge on any atom is -0.467 e. The number of hydrogen-bond acceptors (Lipinski definition) is 6. The van der Waals surface area contributed by atoms with Gasteiger partial charge in [0.25, 0.3) is 5.91 Å². The fourth-order valence-electron chi connectivity index (χ4n) is 2.66. The van der Waals surface area contributed by atoms with E-state index >= 15 is 0 Å². The Bertz CT molecular complexity index is 1110. The minimum absolute atomic E-state index is 0.132. The molecule has 2 heterocycles. The third kappa shape index (κ3) is 4.85. The van der Waals surface area contributed by atoms with Crippen LogP contribution in [0, 0.1) is 0 Å². The molecule has 0 saturated carbocycles. The smallest absolute Gasteiger partial charge is 0.258 e. The van der Waals surface area contributed by atoms with Crippen molar-refractivity contribution in [2.75, 3.05) is 11.1 Å². The van der Waals surface area contributed by atoms with Crippen LogP contribution in [-0.4, -0.2) is 22.6 Å². The molecule has 0 spiro atoms. The number of nitrogens with zero attached hydrogens (tertiary/aromatic N) is 1. The van der Waals surface area contributed by atoms with Gasteiger partial charge in [-0.15, -0.1) is 11.8 Å². The van der Waals surface area contributed by atoms with Gasteiger partial charge in [-0.3, -0.25) is 14.9 Å². The molecular weight excluding hydrogens is 406 g/mol. The summed E-state index contributed by atoms with van der Waals surface area (Å²) in [4.78, 5) is 30.0. The lowest BCUT2D eigenvalue weighted by Crippen LogP contribution is -2.24. The lowest BCUT2D eigenvalue weighted by atomic mass is 10.2. The van der Waals surface area contributed by atoms with Crippen LogP contribution in [0.5, 0.6) is 0 Å². The van der Waals surface area contributed by atoms with Crippen LogP contribution in [0.1, 0.15) is 16.1 Å². The first kappa shape index (κ1) is 19.2. The summed E-state index contributed by atoms with van der Waals surface area (Å²) in [6.07, 6.45) is 1.57. The molecule has 6 nitrogen and oxygen atoms in total. The molecule has 0 saturated heterocycles. The van der Waals surface area contributed by atoms with E-state index in [0.29, 0.717) is 23.0 Å². The summed E-state index contributed by atoms with van der Waals surface area (Å²) < 4.78 is 6.21. The topological polar surface area (TPSA) is 84.2 Å². The van der Waals surface area contributed by atoms with Crippen LogP contribution in [0.3, 0.4) is 0 Å². The van der Waals surface area contributed by atoms with E-state index in [2.05, 4.69) is 15.6 Å². The number of benzene rings is 2. The van der Waals surface area contributed by atoms with Crippen molar-refractivity contribution in [1.29, 1.82) is 0 Å². The highest BCUT2D eigenvalue weighted by Gasteiger charge is 2.15. The third-order valence-corrected chi connectivity index (χ3v) is 6.07. The van der Waals surface area contributed by atoms with Crippen molar-refractivity contribution < 1.29 is 14.0 Å². The third-order valence-electron chi connectivity index (χ3n) is 4.04. The fraction of sp³-hybridized carbons (Fsp3) is 0.0952. The fourth-order valence-corrected chi connectivity index (χ4v) is 4.40. The molecule has 2 aromatic heterocycles. The SMILES string of the molecule is O=C(CSc1ccccc1C(=O)Nc1nc2ccccc2s1)NCc1ccco1. The number of furan rings is 1. The number of rotatable bonds is 7. The summed E-state index contributed by atoms with van der Waals surface area (Å²) in [7, 11) is 0. The van der Waals surface area contributed by atoms with Crippen molar-refractivity contribution in [3.63, 3.8) is 0 Å². The Kier molecular flexibility index (Phi) is 5.92. The molecule has 0 atom stereocenters. The number of amides is 2. The van der Waals surface area contributed by atoms with Crippen LogP contribution in [0.25, 0.3) is 10.2 Å². The van der Waals surface area contributed by atoms with Crippen LogP contribution in [-0.2, 0) is 11.3 Å². The van der Waals surface area contributed by atoms with Gasteiger partial charge in [0.05, 0.1) is 34.3 Å². The molecule has 0 unspecified atom stereocenters. The molecule has 2 N–H and O–H groups in total. The maximum Gasteiger partial charge on any atom is 0.258 e. The van der Waals surface area contributed by atoms with Crippen LogP contribution in [0.4, 0.5) is 5.13 Å². The largest absolute Gasteiger partial charge is 0.467 e. The number of aromatic nitrogens is 1. The maximum atomic E-state index is 12.8. The zero-order valence-corrected chi connectivity index (χ0v) is 16.9. The molecule has 0 aliphatic heterocycles. The molecule has 4 aromatic rings. The standard InChI is InChI=1S/C21H17N3O3S2/c25-19(22-12-14-6-5-11-27-14)13-28-17-9-3-1-7-15(17)20(26)24-21-23-16-8-2-4-10-18(16)29-21/h1-11H,12-13H2,(H,22,25)(H,23,24,26). The molecule has 0 aliphatic carbocycles. The van der Waals surface area contributed by atoms with E-state index in [4.69, 9.17) is 4.42 Å². The highest BCUT2D eigenvalue weighted by atomic mass is 32.2. The first-order valence-corrected chi connectivity index (χ1v) is 10.7. The normalized spacial score (nSPS) is 10.8. The van der Waals surface area contributed by atoms with E-state index < -0.39 is 0 Å².